The zero-order valence-electron chi connectivity index (χ0n) is 19.1. The summed E-state index contributed by atoms with van der Waals surface area (Å²) < 4.78 is 16.7. The highest BCUT2D eigenvalue weighted by Crippen LogP contribution is 2.37. The first-order valence-corrected chi connectivity index (χ1v) is 14.8. The van der Waals surface area contributed by atoms with Crippen LogP contribution in [-0.2, 0) is 9.09 Å². The van der Waals surface area contributed by atoms with Crippen LogP contribution in [0.2, 0.25) is 0 Å². The average molecular weight is 403 g/mol. The highest BCUT2D eigenvalue weighted by atomic mass is 31.2. The van der Waals surface area contributed by atoms with Crippen LogP contribution in [0.25, 0.3) is 0 Å². The predicted octanol–water partition coefficient (Wildman–Crippen LogP) is 9.36. The van der Waals surface area contributed by atoms with Gasteiger partial charge in [0.05, 0.1) is 6.61 Å². The minimum absolute atomic E-state index is 0.670. The third kappa shape index (κ3) is 26.2. The first-order valence-electron chi connectivity index (χ1n) is 12.3. The van der Waals surface area contributed by atoms with Crippen molar-refractivity contribution < 1.29 is 9.09 Å². The Hall–Kier alpha value is 0.190. The predicted molar refractivity (Wildman–Crippen MR) is 123 cm³/mol. The summed E-state index contributed by atoms with van der Waals surface area (Å²) >= 11 is 0. The summed E-state index contributed by atoms with van der Waals surface area (Å²) in [5.41, 5.74) is 0. The van der Waals surface area contributed by atoms with E-state index in [2.05, 4.69) is 6.92 Å². The van der Waals surface area contributed by atoms with Gasteiger partial charge in [-0.05, 0) is 6.42 Å². The summed E-state index contributed by atoms with van der Waals surface area (Å²) in [7, 11) is -2.26. The molecule has 0 aromatic carbocycles. The zero-order valence-corrected chi connectivity index (χ0v) is 20.0. The topological polar surface area (TPSA) is 26.3 Å². The Morgan fingerprint density at radius 3 is 1.00 bits per heavy atom. The van der Waals surface area contributed by atoms with Crippen molar-refractivity contribution in [1.29, 1.82) is 0 Å². The maximum atomic E-state index is 11.4. The Morgan fingerprint density at radius 2 is 0.741 bits per heavy atom. The van der Waals surface area contributed by atoms with Gasteiger partial charge in [0.15, 0.2) is 7.37 Å². The van der Waals surface area contributed by atoms with E-state index >= 15 is 0 Å². The van der Waals surface area contributed by atoms with Crippen LogP contribution in [0.1, 0.15) is 135 Å². The summed E-state index contributed by atoms with van der Waals surface area (Å²) in [5.74, 6) is 0. The van der Waals surface area contributed by atoms with Crippen LogP contribution in [0, 0.1) is 0 Å². The molecule has 3 heteroatoms. The molecule has 0 spiro atoms. The van der Waals surface area contributed by atoms with Gasteiger partial charge < -0.3 is 4.52 Å². The molecule has 0 saturated heterocycles. The van der Waals surface area contributed by atoms with E-state index < -0.39 is 7.37 Å². The van der Waals surface area contributed by atoms with Crippen molar-refractivity contribution in [3.8, 4) is 0 Å². The molecule has 2 nitrogen and oxygen atoms in total. The summed E-state index contributed by atoms with van der Waals surface area (Å²) in [6.07, 6.45) is 28.0. The van der Waals surface area contributed by atoms with E-state index in [1.807, 2.05) is 0 Å². The van der Waals surface area contributed by atoms with Gasteiger partial charge in [-0.25, -0.2) is 0 Å². The highest BCUT2D eigenvalue weighted by Gasteiger charge is 2.05. The molecule has 27 heavy (non-hydrogen) atoms. The van der Waals surface area contributed by atoms with Crippen molar-refractivity contribution in [2.45, 2.75) is 135 Å². The monoisotopic (exact) mass is 402 g/mol. The maximum absolute atomic E-state index is 11.4. The van der Waals surface area contributed by atoms with Crippen LogP contribution in [-0.4, -0.2) is 19.9 Å². The van der Waals surface area contributed by atoms with Crippen LogP contribution < -0.4 is 0 Å². The van der Waals surface area contributed by atoms with Gasteiger partial charge in [-0.15, -0.1) is 0 Å². The molecule has 0 rings (SSSR count). The number of unbranched alkanes of at least 4 members (excludes halogenated alkanes) is 19. The molecule has 0 bridgehead atoms. The minimum Gasteiger partial charge on any atom is -0.329 e. The SMILES string of the molecule is CCCCCCCCCCCCCCCCCCCCCCOP(C)(C)=O. The molecule has 0 atom stereocenters. The molecule has 0 fully saturated rings. The van der Waals surface area contributed by atoms with Gasteiger partial charge in [0.2, 0.25) is 0 Å². The molecule has 0 N–H and O–H groups in total. The molecule has 0 amide bonds. The summed E-state index contributed by atoms with van der Waals surface area (Å²) in [6.45, 7) is 6.36. The normalized spacial score (nSPS) is 12.0. The van der Waals surface area contributed by atoms with Gasteiger partial charge in [0.25, 0.3) is 0 Å². The summed E-state index contributed by atoms with van der Waals surface area (Å²) in [5, 5.41) is 0. The highest BCUT2D eigenvalue weighted by molar-refractivity contribution is 7.57. The summed E-state index contributed by atoms with van der Waals surface area (Å²) in [4.78, 5) is 0. The second-order valence-corrected chi connectivity index (χ2v) is 11.6. The quantitative estimate of drug-likeness (QED) is 0.133. The lowest BCUT2D eigenvalue weighted by atomic mass is 10.0. The van der Waals surface area contributed by atoms with Crippen LogP contribution in [0.5, 0.6) is 0 Å². The molecule has 0 aliphatic carbocycles. The van der Waals surface area contributed by atoms with Crippen molar-refractivity contribution in [2.75, 3.05) is 19.9 Å². The Kier molecular flexibility index (Phi) is 21.1. The van der Waals surface area contributed by atoms with Gasteiger partial charge in [0.1, 0.15) is 0 Å². The fourth-order valence-corrected chi connectivity index (χ4v) is 4.21. The molecule has 0 aliphatic heterocycles. The van der Waals surface area contributed by atoms with E-state index in [0.29, 0.717) is 6.61 Å². The summed E-state index contributed by atoms with van der Waals surface area (Å²) in [6, 6.07) is 0. The van der Waals surface area contributed by atoms with Gasteiger partial charge in [-0.1, -0.05) is 129 Å². The second kappa shape index (κ2) is 20.9. The lowest BCUT2D eigenvalue weighted by Crippen LogP contribution is -1.91. The fourth-order valence-electron chi connectivity index (χ4n) is 3.64. The van der Waals surface area contributed by atoms with E-state index in [1.165, 1.54) is 122 Å². The zero-order chi connectivity index (χ0) is 20.1. The molecule has 0 saturated carbocycles. The molecular weight excluding hydrogens is 351 g/mol. The van der Waals surface area contributed by atoms with E-state index in [9.17, 15) is 4.57 Å². The van der Waals surface area contributed by atoms with Crippen LogP contribution in [0.3, 0.4) is 0 Å². The maximum Gasteiger partial charge on any atom is 0.197 e. The Morgan fingerprint density at radius 1 is 0.481 bits per heavy atom. The van der Waals surface area contributed by atoms with Crippen molar-refractivity contribution in [1.82, 2.24) is 0 Å². The largest absolute Gasteiger partial charge is 0.329 e. The van der Waals surface area contributed by atoms with Crippen molar-refractivity contribution in [3.05, 3.63) is 0 Å². The molecule has 0 radical (unpaired) electrons. The molecule has 0 aromatic rings. The molecule has 0 heterocycles. The molecule has 0 unspecified atom stereocenters. The Labute approximate surface area is 172 Å². The fraction of sp³-hybridized carbons (Fsp3) is 1.00. The molecular formula is C24H51O2P. The number of rotatable bonds is 22. The lowest BCUT2D eigenvalue weighted by Gasteiger charge is -2.07. The van der Waals surface area contributed by atoms with Crippen molar-refractivity contribution >= 4 is 7.37 Å². The Balaban J connectivity index is 3.02. The third-order valence-electron chi connectivity index (χ3n) is 5.40. The Bertz CT molecular complexity index is 324. The van der Waals surface area contributed by atoms with E-state index in [1.54, 1.807) is 13.3 Å². The first-order chi connectivity index (χ1) is 13.1. The smallest absolute Gasteiger partial charge is 0.197 e. The molecule has 164 valence electrons. The first kappa shape index (κ1) is 27.2. The van der Waals surface area contributed by atoms with E-state index in [0.717, 1.165) is 6.42 Å². The van der Waals surface area contributed by atoms with Crippen LogP contribution >= 0.6 is 7.37 Å². The number of hydrogen-bond acceptors (Lipinski definition) is 2. The standard InChI is InChI=1S/C24H51O2P/c1-4-5-6-7-8-9-10-11-12-13-14-15-16-17-18-19-20-21-22-23-24-26-27(2,3)25/h4-24H2,1-3H3. The lowest BCUT2D eigenvalue weighted by molar-refractivity contribution is 0.308. The van der Waals surface area contributed by atoms with Gasteiger partial charge in [0, 0.05) is 13.3 Å². The van der Waals surface area contributed by atoms with Crippen LogP contribution in [0.4, 0.5) is 0 Å². The van der Waals surface area contributed by atoms with Gasteiger partial charge in [-0.3, -0.25) is 4.57 Å². The minimum atomic E-state index is -2.26. The van der Waals surface area contributed by atoms with Crippen LogP contribution in [0.15, 0.2) is 0 Å². The van der Waals surface area contributed by atoms with Gasteiger partial charge in [-0.2, -0.15) is 0 Å². The van der Waals surface area contributed by atoms with Crippen molar-refractivity contribution in [3.63, 3.8) is 0 Å². The average Bonchev–Trinajstić information content (AvgIpc) is 2.62. The van der Waals surface area contributed by atoms with Crippen molar-refractivity contribution in [2.24, 2.45) is 0 Å². The second-order valence-electron chi connectivity index (χ2n) is 8.80. The van der Waals surface area contributed by atoms with E-state index in [4.69, 9.17) is 4.52 Å². The van der Waals surface area contributed by atoms with Gasteiger partial charge >= 0.3 is 0 Å². The van der Waals surface area contributed by atoms with E-state index in [-0.39, 0.29) is 0 Å². The molecule has 0 aromatic heterocycles. The number of hydrogen-bond donors (Lipinski definition) is 0. The third-order valence-corrected chi connectivity index (χ3v) is 6.20. The molecule has 0 aliphatic rings.